The van der Waals surface area contributed by atoms with E-state index < -0.39 is 24.8 Å². The highest BCUT2D eigenvalue weighted by Gasteiger charge is 2.28. The van der Waals surface area contributed by atoms with Crippen molar-refractivity contribution >= 4 is 28.5 Å². The van der Waals surface area contributed by atoms with Crippen LogP contribution in [0, 0.1) is 13.8 Å². The summed E-state index contributed by atoms with van der Waals surface area (Å²) >= 11 is 2.80. The van der Waals surface area contributed by atoms with Gasteiger partial charge in [0.25, 0.3) is 0 Å². The minimum Gasteiger partial charge on any atom is -0.299 e. The van der Waals surface area contributed by atoms with Crippen LogP contribution in [0.4, 0.5) is 13.2 Å². The zero-order chi connectivity index (χ0) is 15.6. The fraction of sp³-hybridized carbons (Fsp3) is 0.462. The molecule has 0 saturated heterocycles. The molecule has 114 valence electrons. The summed E-state index contributed by atoms with van der Waals surface area (Å²) < 4.78 is 36.2. The molecule has 2 heterocycles. The van der Waals surface area contributed by atoms with E-state index in [2.05, 4.69) is 9.97 Å². The van der Waals surface area contributed by atoms with Gasteiger partial charge in [-0.1, -0.05) is 0 Å². The lowest BCUT2D eigenvalue weighted by atomic mass is 10.2. The number of nitrogens with zero attached hydrogens (tertiary/aromatic N) is 2. The van der Waals surface area contributed by atoms with Crippen LogP contribution in [0.5, 0.6) is 0 Å². The molecule has 0 aliphatic heterocycles. The first-order valence-electron chi connectivity index (χ1n) is 6.22. The van der Waals surface area contributed by atoms with Gasteiger partial charge >= 0.3 is 6.18 Å². The second kappa shape index (κ2) is 6.23. The van der Waals surface area contributed by atoms with Crippen LogP contribution in [0.2, 0.25) is 0 Å². The van der Waals surface area contributed by atoms with Crippen molar-refractivity contribution in [1.82, 2.24) is 9.97 Å². The number of hydrogen-bond donors (Lipinski definition) is 0. The van der Waals surface area contributed by atoms with Crippen molar-refractivity contribution in [3.05, 3.63) is 21.1 Å². The zero-order valence-electron chi connectivity index (χ0n) is 11.5. The molecule has 0 aromatic carbocycles. The predicted octanol–water partition coefficient (Wildman–Crippen LogP) is 4.34. The van der Waals surface area contributed by atoms with E-state index in [1.807, 2.05) is 19.2 Å². The Hall–Kier alpha value is -1.28. The molecule has 3 nitrogen and oxygen atoms in total. The fourth-order valence-electron chi connectivity index (χ4n) is 1.80. The summed E-state index contributed by atoms with van der Waals surface area (Å²) in [6.07, 6.45) is -5.90. The number of carbonyl (C=O) groups is 1. The lowest BCUT2D eigenvalue weighted by Gasteiger charge is -2.03. The number of aromatic nitrogens is 2. The number of aryl methyl sites for hydroxylation is 2. The SMILES string of the molecule is Cc1nc(C)c(-c2csc(CC(=O)CCC(F)(F)F)n2)s1. The Labute approximate surface area is 127 Å². The van der Waals surface area contributed by atoms with Crippen LogP contribution in [0.15, 0.2) is 5.38 Å². The number of halogens is 3. The number of rotatable bonds is 5. The third kappa shape index (κ3) is 4.60. The van der Waals surface area contributed by atoms with Crippen molar-refractivity contribution < 1.29 is 18.0 Å². The summed E-state index contributed by atoms with van der Waals surface area (Å²) in [6, 6.07) is 0. The van der Waals surface area contributed by atoms with Crippen LogP contribution >= 0.6 is 22.7 Å². The molecule has 21 heavy (non-hydrogen) atoms. The van der Waals surface area contributed by atoms with Crippen LogP contribution < -0.4 is 0 Å². The number of alkyl halides is 3. The molecule has 2 rings (SSSR count). The molecule has 2 aromatic rings. The Balaban J connectivity index is 2.00. The smallest absolute Gasteiger partial charge is 0.299 e. The van der Waals surface area contributed by atoms with Crippen LogP contribution in [0.3, 0.4) is 0 Å². The maximum Gasteiger partial charge on any atom is 0.389 e. The first-order chi connectivity index (χ1) is 9.74. The third-order valence-corrected chi connectivity index (χ3v) is 4.67. The van der Waals surface area contributed by atoms with Crippen LogP contribution in [-0.4, -0.2) is 21.9 Å². The fourth-order valence-corrected chi connectivity index (χ4v) is 3.57. The van der Waals surface area contributed by atoms with Gasteiger partial charge in [0.2, 0.25) is 0 Å². The molecule has 0 atom stereocenters. The average molecular weight is 334 g/mol. The maximum atomic E-state index is 12.1. The minimum atomic E-state index is -4.29. The molecule has 0 saturated carbocycles. The van der Waals surface area contributed by atoms with E-state index >= 15 is 0 Å². The Kier molecular flexibility index (Phi) is 4.77. The number of ketones is 1. The largest absolute Gasteiger partial charge is 0.389 e. The highest BCUT2D eigenvalue weighted by molar-refractivity contribution is 7.16. The molecular weight excluding hydrogens is 321 g/mol. The molecule has 0 spiro atoms. The van der Waals surface area contributed by atoms with Crippen molar-refractivity contribution in [2.75, 3.05) is 0 Å². The lowest BCUT2D eigenvalue weighted by molar-refractivity contribution is -0.143. The molecular formula is C13H13F3N2OS2. The zero-order valence-corrected chi connectivity index (χ0v) is 13.1. The van der Waals surface area contributed by atoms with Crippen molar-refractivity contribution in [3.8, 4) is 10.6 Å². The summed E-state index contributed by atoms with van der Waals surface area (Å²) in [5.74, 6) is -0.439. The number of thiazole rings is 2. The molecule has 0 aliphatic rings. The van der Waals surface area contributed by atoms with Crippen LogP contribution in [0.25, 0.3) is 10.6 Å². The van der Waals surface area contributed by atoms with E-state index in [4.69, 9.17) is 0 Å². The van der Waals surface area contributed by atoms with E-state index in [0.717, 1.165) is 21.3 Å². The van der Waals surface area contributed by atoms with Crippen molar-refractivity contribution in [2.24, 2.45) is 0 Å². The first kappa shape index (κ1) is 16.1. The summed E-state index contributed by atoms with van der Waals surface area (Å²) in [5, 5.41) is 3.28. The second-order valence-electron chi connectivity index (χ2n) is 4.60. The standard InChI is InChI=1S/C13H13F3N2OS2/c1-7-12(21-8(2)17-7)10-6-20-11(18-10)5-9(19)3-4-13(14,15)16/h6H,3-5H2,1-2H3. The first-order valence-corrected chi connectivity index (χ1v) is 7.91. The molecule has 0 unspecified atom stereocenters. The lowest BCUT2D eigenvalue weighted by Crippen LogP contribution is -2.12. The summed E-state index contributed by atoms with van der Waals surface area (Å²) in [7, 11) is 0. The van der Waals surface area contributed by atoms with Gasteiger partial charge in [-0.3, -0.25) is 4.79 Å². The molecule has 0 fully saturated rings. The topological polar surface area (TPSA) is 42.9 Å². The Bertz CT molecular complexity index is 646. The van der Waals surface area contributed by atoms with Gasteiger partial charge in [-0.05, 0) is 13.8 Å². The minimum absolute atomic E-state index is 0.0441. The highest BCUT2D eigenvalue weighted by Crippen LogP contribution is 2.31. The van der Waals surface area contributed by atoms with E-state index in [-0.39, 0.29) is 6.42 Å². The molecule has 0 radical (unpaired) electrons. The normalized spacial score (nSPS) is 11.9. The molecule has 0 aliphatic carbocycles. The van der Waals surface area contributed by atoms with E-state index in [0.29, 0.717) is 5.01 Å². The van der Waals surface area contributed by atoms with Gasteiger partial charge in [0, 0.05) is 11.8 Å². The third-order valence-electron chi connectivity index (χ3n) is 2.72. The van der Waals surface area contributed by atoms with Crippen molar-refractivity contribution in [1.29, 1.82) is 0 Å². The maximum absolute atomic E-state index is 12.1. The van der Waals surface area contributed by atoms with Gasteiger partial charge in [0.15, 0.2) is 0 Å². The molecule has 8 heteroatoms. The van der Waals surface area contributed by atoms with Gasteiger partial charge in [0.1, 0.15) is 10.8 Å². The Morgan fingerprint density at radius 3 is 2.57 bits per heavy atom. The average Bonchev–Trinajstić information content (AvgIpc) is 2.92. The highest BCUT2D eigenvalue weighted by atomic mass is 32.1. The molecule has 0 amide bonds. The van der Waals surface area contributed by atoms with E-state index in [9.17, 15) is 18.0 Å². The number of carbonyl (C=O) groups excluding carboxylic acids is 1. The van der Waals surface area contributed by atoms with E-state index in [1.165, 1.54) is 22.7 Å². The van der Waals surface area contributed by atoms with Gasteiger partial charge in [0.05, 0.1) is 34.1 Å². The van der Waals surface area contributed by atoms with E-state index in [1.54, 1.807) is 0 Å². The predicted molar refractivity (Wildman–Crippen MR) is 76.7 cm³/mol. The molecule has 0 N–H and O–H groups in total. The molecule has 0 bridgehead atoms. The summed E-state index contributed by atoms with van der Waals surface area (Å²) in [4.78, 5) is 21.1. The second-order valence-corrected chi connectivity index (χ2v) is 6.75. The van der Waals surface area contributed by atoms with Crippen LogP contribution in [0.1, 0.15) is 28.6 Å². The quantitative estimate of drug-likeness (QED) is 0.817. The number of Topliss-reactive ketones (excluding diaryl/α,β-unsaturated/α-hetero) is 1. The monoisotopic (exact) mass is 334 g/mol. The van der Waals surface area contributed by atoms with Gasteiger partial charge in [-0.25, -0.2) is 9.97 Å². The van der Waals surface area contributed by atoms with Crippen molar-refractivity contribution in [3.63, 3.8) is 0 Å². The van der Waals surface area contributed by atoms with Crippen LogP contribution in [-0.2, 0) is 11.2 Å². The van der Waals surface area contributed by atoms with Crippen molar-refractivity contribution in [2.45, 2.75) is 39.3 Å². The van der Waals surface area contributed by atoms with Gasteiger partial charge in [-0.2, -0.15) is 13.2 Å². The Morgan fingerprint density at radius 1 is 1.29 bits per heavy atom. The van der Waals surface area contributed by atoms with Gasteiger partial charge < -0.3 is 0 Å². The summed E-state index contributed by atoms with van der Waals surface area (Å²) in [5.41, 5.74) is 1.61. The summed E-state index contributed by atoms with van der Waals surface area (Å²) in [6.45, 7) is 3.78. The molecule has 2 aromatic heterocycles. The van der Waals surface area contributed by atoms with Gasteiger partial charge in [-0.15, -0.1) is 22.7 Å². The number of hydrogen-bond acceptors (Lipinski definition) is 5. The Morgan fingerprint density at radius 2 is 2.00 bits per heavy atom.